The maximum absolute atomic E-state index is 13.7. The summed E-state index contributed by atoms with van der Waals surface area (Å²) in [6.45, 7) is 2.92. The van der Waals surface area contributed by atoms with Gasteiger partial charge in [0, 0.05) is 6.04 Å². The van der Waals surface area contributed by atoms with Crippen molar-refractivity contribution in [1.82, 2.24) is 4.90 Å². The van der Waals surface area contributed by atoms with Gasteiger partial charge >= 0.3 is 12.0 Å². The molecule has 4 N–H and O–H groups in total. The molecule has 0 spiro atoms. The number of carbonyl (C=O) groups excluding carboxylic acids is 2. The van der Waals surface area contributed by atoms with Gasteiger partial charge in [-0.3, -0.25) is 4.79 Å². The molecule has 114 valence electrons. The minimum absolute atomic E-state index is 0.361. The standard InChI is InChI=1S/C13H16FN3O4/c1-7(2)17(6-10(15)18)13(21)16-11-8(12(19)20)4-3-5-9(11)14/h3-5,7H,6H2,1-2H3,(H2,15,18)(H,16,21)(H,19,20). The van der Waals surface area contributed by atoms with Gasteiger partial charge in [-0.2, -0.15) is 0 Å². The molecule has 0 aliphatic carbocycles. The number of carboxylic acid groups (broad SMARTS) is 1. The van der Waals surface area contributed by atoms with E-state index in [-0.39, 0.29) is 18.2 Å². The molecule has 0 atom stereocenters. The van der Waals surface area contributed by atoms with Crippen LogP contribution < -0.4 is 11.1 Å². The smallest absolute Gasteiger partial charge is 0.337 e. The van der Waals surface area contributed by atoms with Crippen LogP contribution in [0.1, 0.15) is 24.2 Å². The average Bonchev–Trinajstić information content (AvgIpc) is 2.37. The zero-order valence-electron chi connectivity index (χ0n) is 11.6. The van der Waals surface area contributed by atoms with Crippen LogP contribution in [-0.4, -0.2) is 40.5 Å². The minimum atomic E-state index is -1.38. The van der Waals surface area contributed by atoms with Crippen molar-refractivity contribution in [3.8, 4) is 0 Å². The van der Waals surface area contributed by atoms with Crippen molar-refractivity contribution in [2.75, 3.05) is 11.9 Å². The summed E-state index contributed by atoms with van der Waals surface area (Å²) in [6, 6.07) is 2.22. The monoisotopic (exact) mass is 297 g/mol. The van der Waals surface area contributed by atoms with Gasteiger partial charge in [0.1, 0.15) is 12.4 Å². The molecule has 7 nitrogen and oxygen atoms in total. The topological polar surface area (TPSA) is 113 Å². The number of carboxylic acids is 1. The first-order chi connectivity index (χ1) is 9.73. The number of benzene rings is 1. The second kappa shape index (κ2) is 6.69. The highest BCUT2D eigenvalue weighted by Gasteiger charge is 2.22. The highest BCUT2D eigenvalue weighted by Crippen LogP contribution is 2.20. The normalized spacial score (nSPS) is 10.3. The van der Waals surface area contributed by atoms with Crippen molar-refractivity contribution in [3.05, 3.63) is 29.6 Å². The van der Waals surface area contributed by atoms with Crippen LogP contribution in [0.5, 0.6) is 0 Å². The summed E-state index contributed by atoms with van der Waals surface area (Å²) in [6.07, 6.45) is 0. The summed E-state index contributed by atoms with van der Waals surface area (Å²) in [7, 11) is 0. The molecule has 0 aliphatic rings. The summed E-state index contributed by atoms with van der Waals surface area (Å²) in [4.78, 5) is 35.1. The predicted molar refractivity (Wildman–Crippen MR) is 73.4 cm³/mol. The number of hydrogen-bond donors (Lipinski definition) is 3. The second-order valence-corrected chi connectivity index (χ2v) is 4.59. The summed E-state index contributed by atoms with van der Waals surface area (Å²) in [5, 5.41) is 11.2. The lowest BCUT2D eigenvalue weighted by Gasteiger charge is -2.25. The van der Waals surface area contributed by atoms with Gasteiger partial charge in [-0.15, -0.1) is 0 Å². The molecule has 0 bridgehead atoms. The average molecular weight is 297 g/mol. The Morgan fingerprint density at radius 1 is 1.38 bits per heavy atom. The summed E-state index contributed by atoms with van der Waals surface area (Å²) in [5.74, 6) is -2.99. The predicted octanol–water partition coefficient (Wildman–Crippen LogP) is 1.25. The van der Waals surface area contributed by atoms with Crippen molar-refractivity contribution >= 4 is 23.6 Å². The number of halogens is 1. The number of aromatic carboxylic acids is 1. The van der Waals surface area contributed by atoms with Crippen LogP contribution in [0.4, 0.5) is 14.9 Å². The molecule has 1 aromatic rings. The molecule has 0 saturated carbocycles. The summed E-state index contributed by atoms with van der Waals surface area (Å²) < 4.78 is 13.7. The number of hydrogen-bond acceptors (Lipinski definition) is 3. The highest BCUT2D eigenvalue weighted by atomic mass is 19.1. The first-order valence-electron chi connectivity index (χ1n) is 6.11. The van der Waals surface area contributed by atoms with Crippen LogP contribution in [0, 0.1) is 5.82 Å². The molecule has 3 amide bonds. The maximum Gasteiger partial charge on any atom is 0.337 e. The number of rotatable bonds is 5. The summed E-state index contributed by atoms with van der Waals surface area (Å²) >= 11 is 0. The van der Waals surface area contributed by atoms with Crippen LogP contribution in [0.3, 0.4) is 0 Å². The largest absolute Gasteiger partial charge is 0.478 e. The first kappa shape index (κ1) is 16.4. The fourth-order valence-corrected chi connectivity index (χ4v) is 1.66. The van der Waals surface area contributed by atoms with E-state index in [4.69, 9.17) is 10.8 Å². The van der Waals surface area contributed by atoms with Crippen molar-refractivity contribution in [3.63, 3.8) is 0 Å². The van der Waals surface area contributed by atoms with Gasteiger partial charge in [0.25, 0.3) is 0 Å². The van der Waals surface area contributed by atoms with Crippen molar-refractivity contribution in [2.24, 2.45) is 5.73 Å². The van der Waals surface area contributed by atoms with Crippen LogP contribution in [0.15, 0.2) is 18.2 Å². The lowest BCUT2D eigenvalue weighted by Crippen LogP contribution is -2.45. The Morgan fingerprint density at radius 2 is 2.00 bits per heavy atom. The lowest BCUT2D eigenvalue weighted by atomic mass is 10.1. The van der Waals surface area contributed by atoms with Gasteiger partial charge in [-0.1, -0.05) is 6.07 Å². The van der Waals surface area contributed by atoms with Gasteiger partial charge in [0.15, 0.2) is 0 Å². The third-order valence-corrected chi connectivity index (χ3v) is 2.69. The zero-order chi connectivity index (χ0) is 16.2. The molecule has 1 aromatic carbocycles. The Kier molecular flexibility index (Phi) is 5.23. The molecule has 8 heteroatoms. The number of anilines is 1. The molecule has 0 fully saturated rings. The quantitative estimate of drug-likeness (QED) is 0.759. The molecule has 21 heavy (non-hydrogen) atoms. The van der Waals surface area contributed by atoms with Gasteiger partial charge in [0.2, 0.25) is 5.91 Å². The Hall–Kier alpha value is -2.64. The zero-order valence-corrected chi connectivity index (χ0v) is 11.6. The molecule has 0 saturated heterocycles. The van der Waals surface area contributed by atoms with Gasteiger partial charge < -0.3 is 21.1 Å². The molecular weight excluding hydrogens is 281 g/mol. The third kappa shape index (κ3) is 4.16. The number of nitrogens with one attached hydrogen (secondary N) is 1. The van der Waals surface area contributed by atoms with Crippen LogP contribution in [-0.2, 0) is 4.79 Å². The van der Waals surface area contributed by atoms with Crippen molar-refractivity contribution < 1.29 is 23.9 Å². The van der Waals surface area contributed by atoms with Crippen LogP contribution in [0.25, 0.3) is 0 Å². The molecular formula is C13H16FN3O4. The third-order valence-electron chi connectivity index (χ3n) is 2.69. The molecule has 0 unspecified atom stereocenters. The number of primary amides is 1. The fourth-order valence-electron chi connectivity index (χ4n) is 1.66. The maximum atomic E-state index is 13.7. The first-order valence-corrected chi connectivity index (χ1v) is 6.11. The van der Waals surface area contributed by atoms with Crippen LogP contribution >= 0.6 is 0 Å². The van der Waals surface area contributed by atoms with E-state index in [1.54, 1.807) is 13.8 Å². The van der Waals surface area contributed by atoms with E-state index in [9.17, 15) is 18.8 Å². The van der Waals surface area contributed by atoms with E-state index < -0.39 is 29.4 Å². The Balaban J connectivity index is 3.07. The SMILES string of the molecule is CC(C)N(CC(N)=O)C(=O)Nc1c(F)cccc1C(=O)O. The lowest BCUT2D eigenvalue weighted by molar-refractivity contribution is -0.118. The highest BCUT2D eigenvalue weighted by molar-refractivity contribution is 6.00. The molecule has 0 aromatic heterocycles. The van der Waals surface area contributed by atoms with E-state index in [1.807, 2.05) is 0 Å². The number of nitrogens with zero attached hydrogens (tertiary/aromatic N) is 1. The number of carbonyl (C=O) groups is 3. The molecule has 0 aliphatic heterocycles. The Morgan fingerprint density at radius 3 is 2.48 bits per heavy atom. The van der Waals surface area contributed by atoms with E-state index in [2.05, 4.69) is 5.32 Å². The van der Waals surface area contributed by atoms with E-state index in [0.29, 0.717) is 0 Å². The minimum Gasteiger partial charge on any atom is -0.478 e. The molecule has 1 rings (SSSR count). The Labute approximate surface area is 120 Å². The van der Waals surface area contributed by atoms with Gasteiger partial charge in [-0.05, 0) is 26.0 Å². The van der Waals surface area contributed by atoms with Gasteiger partial charge in [-0.25, -0.2) is 14.0 Å². The van der Waals surface area contributed by atoms with Crippen molar-refractivity contribution in [2.45, 2.75) is 19.9 Å². The van der Waals surface area contributed by atoms with Gasteiger partial charge in [0.05, 0.1) is 11.3 Å². The van der Waals surface area contributed by atoms with E-state index in [1.165, 1.54) is 6.07 Å². The molecule has 0 radical (unpaired) electrons. The summed E-state index contributed by atoms with van der Waals surface area (Å²) in [5.41, 5.74) is 4.20. The number of para-hydroxylation sites is 1. The number of amides is 3. The number of urea groups is 1. The molecule has 0 heterocycles. The van der Waals surface area contributed by atoms with E-state index >= 15 is 0 Å². The van der Waals surface area contributed by atoms with Crippen LogP contribution in [0.2, 0.25) is 0 Å². The fraction of sp³-hybridized carbons (Fsp3) is 0.308. The number of nitrogens with two attached hydrogens (primary N) is 1. The Bertz CT molecular complexity index is 575. The second-order valence-electron chi connectivity index (χ2n) is 4.59. The van der Waals surface area contributed by atoms with Crippen molar-refractivity contribution in [1.29, 1.82) is 0 Å². The van der Waals surface area contributed by atoms with E-state index in [0.717, 1.165) is 17.0 Å².